The number of esters is 2. The van der Waals surface area contributed by atoms with Gasteiger partial charge < -0.3 is 33.9 Å². The highest BCUT2D eigenvalue weighted by Crippen LogP contribution is 2.55. The summed E-state index contributed by atoms with van der Waals surface area (Å²) in [6, 6.07) is 4.01. The van der Waals surface area contributed by atoms with Crippen LogP contribution in [-0.2, 0) is 30.2 Å². The van der Waals surface area contributed by atoms with Gasteiger partial charge in [0.05, 0.1) is 30.6 Å². The number of carbonyl (C=O) groups is 2. The van der Waals surface area contributed by atoms with Gasteiger partial charge in [-0.25, -0.2) is 4.79 Å². The molecule has 234 valence electrons. The van der Waals surface area contributed by atoms with Crippen molar-refractivity contribution in [1.82, 2.24) is 4.90 Å². The van der Waals surface area contributed by atoms with E-state index in [4.69, 9.17) is 23.7 Å². The van der Waals surface area contributed by atoms with Crippen LogP contribution in [0.25, 0.3) is 0 Å². The Balaban J connectivity index is 1.46. The molecule has 1 saturated heterocycles. The summed E-state index contributed by atoms with van der Waals surface area (Å²) in [7, 11) is 1.55. The van der Waals surface area contributed by atoms with E-state index >= 15 is 0 Å². The smallest absolute Gasteiger partial charge is 0.339 e. The highest BCUT2D eigenvalue weighted by atomic mass is 16.7. The first kappa shape index (κ1) is 31.2. The molecule has 4 aliphatic rings. The number of fused-ring (bicyclic) bond motifs is 3. The van der Waals surface area contributed by atoms with Crippen molar-refractivity contribution in [1.29, 1.82) is 0 Å². The second kappa shape index (κ2) is 12.4. The van der Waals surface area contributed by atoms with Crippen molar-refractivity contribution >= 4 is 11.9 Å². The number of rotatable bonds is 10. The zero-order valence-corrected chi connectivity index (χ0v) is 25.6. The Morgan fingerprint density at radius 3 is 2.63 bits per heavy atom. The molecule has 2 unspecified atom stereocenters. The van der Waals surface area contributed by atoms with Crippen molar-refractivity contribution in [2.24, 2.45) is 0 Å². The molecule has 0 saturated carbocycles. The van der Waals surface area contributed by atoms with E-state index in [2.05, 4.69) is 22.8 Å². The van der Waals surface area contributed by atoms with Crippen LogP contribution in [0.5, 0.6) is 11.5 Å². The maximum Gasteiger partial charge on any atom is 0.339 e. The Morgan fingerprint density at radius 2 is 1.91 bits per heavy atom. The molecular weight excluding hydrogens is 554 g/mol. The van der Waals surface area contributed by atoms with Crippen LogP contribution in [0.4, 0.5) is 0 Å². The van der Waals surface area contributed by atoms with Crippen molar-refractivity contribution < 1.29 is 43.5 Å². The summed E-state index contributed by atoms with van der Waals surface area (Å²) in [5.41, 5.74) is -1.54. The minimum Gasteiger partial charge on any atom is -0.497 e. The molecule has 0 radical (unpaired) electrons. The Hall–Kier alpha value is -3.26. The van der Waals surface area contributed by atoms with Crippen LogP contribution >= 0.6 is 0 Å². The van der Waals surface area contributed by atoms with Gasteiger partial charge in [0.25, 0.3) is 0 Å². The van der Waals surface area contributed by atoms with Gasteiger partial charge in [-0.3, -0.25) is 9.69 Å². The summed E-state index contributed by atoms with van der Waals surface area (Å²) in [5, 5.41) is 22.0. The first-order chi connectivity index (χ1) is 20.5. The summed E-state index contributed by atoms with van der Waals surface area (Å²) in [5.74, 6) is 5.40. The molecule has 10 nitrogen and oxygen atoms in total. The largest absolute Gasteiger partial charge is 0.497 e. The van der Waals surface area contributed by atoms with Crippen LogP contribution < -0.4 is 9.47 Å². The van der Waals surface area contributed by atoms with E-state index in [9.17, 15) is 19.8 Å². The van der Waals surface area contributed by atoms with E-state index in [0.717, 1.165) is 43.5 Å². The number of ether oxygens (including phenoxy) is 5. The molecule has 1 spiro atoms. The Morgan fingerprint density at radius 1 is 1.14 bits per heavy atom. The number of hydrogen-bond acceptors (Lipinski definition) is 10. The minimum atomic E-state index is -2.17. The Kier molecular flexibility index (Phi) is 8.98. The number of nitrogens with zero attached hydrogens (tertiary/aromatic N) is 1. The SMILES string of the molecule is CCC#CCOC(=O)C[C@](O)(CCCC(C)(C)O)C(=O)OC1C(OC)=CC23CCCN2CCc2cc4c(cc2[C@H]13)OCO4. The highest BCUT2D eigenvalue weighted by Gasteiger charge is 2.59. The molecule has 43 heavy (non-hydrogen) atoms. The number of carbonyl (C=O) groups excluding carboxylic acids is 2. The predicted molar refractivity (Wildman–Crippen MR) is 156 cm³/mol. The predicted octanol–water partition coefficient (Wildman–Crippen LogP) is 3.36. The summed E-state index contributed by atoms with van der Waals surface area (Å²) in [6.45, 7) is 6.94. The lowest BCUT2D eigenvalue weighted by atomic mass is 9.77. The fraction of sp³-hybridized carbons (Fsp3) is 0.636. The summed E-state index contributed by atoms with van der Waals surface area (Å²) >= 11 is 0. The monoisotopic (exact) mass is 597 g/mol. The van der Waals surface area contributed by atoms with E-state index in [1.54, 1.807) is 21.0 Å². The van der Waals surface area contributed by atoms with Crippen LogP contribution in [0.3, 0.4) is 0 Å². The molecule has 2 N–H and O–H groups in total. The summed E-state index contributed by atoms with van der Waals surface area (Å²) in [6.07, 6.45) is 4.39. The zero-order valence-electron chi connectivity index (χ0n) is 25.6. The zero-order chi connectivity index (χ0) is 30.8. The summed E-state index contributed by atoms with van der Waals surface area (Å²) < 4.78 is 28.7. The van der Waals surface area contributed by atoms with Crippen molar-refractivity contribution in [2.75, 3.05) is 33.6 Å². The second-order valence-corrected chi connectivity index (χ2v) is 12.5. The molecule has 1 aromatic carbocycles. The molecule has 3 heterocycles. The van der Waals surface area contributed by atoms with Gasteiger partial charge in [0, 0.05) is 13.0 Å². The standard InChI is InChI=1S/C33H43NO9/c1-5-6-7-16-40-27(35)20-33(38,13-8-11-31(2,3)37)30(36)43-29-26(39-4)19-32-12-9-14-34(32)15-10-22-17-24-25(42-21-41-24)18-23(22)28(29)32/h17-19,28-29,37-38H,5,8-16,20-21H2,1-4H3/t28-,29?,32?,33-/m1/s1. The first-order valence-corrected chi connectivity index (χ1v) is 15.2. The lowest BCUT2D eigenvalue weighted by Crippen LogP contribution is -2.49. The van der Waals surface area contributed by atoms with Gasteiger partial charge in [0.15, 0.2) is 29.8 Å². The molecule has 0 bridgehead atoms. The normalized spacial score (nSPS) is 25.2. The van der Waals surface area contributed by atoms with E-state index < -0.39 is 41.2 Å². The van der Waals surface area contributed by atoms with Crippen LogP contribution in [0.15, 0.2) is 24.0 Å². The molecule has 5 rings (SSSR count). The van der Waals surface area contributed by atoms with Crippen molar-refractivity contribution in [2.45, 2.75) is 101 Å². The molecule has 1 fully saturated rings. The molecule has 3 aliphatic heterocycles. The van der Waals surface area contributed by atoms with E-state index in [1.165, 1.54) is 0 Å². The third kappa shape index (κ3) is 6.35. The molecule has 0 aromatic heterocycles. The first-order valence-electron chi connectivity index (χ1n) is 15.2. The lowest BCUT2D eigenvalue weighted by Gasteiger charge is -2.39. The molecule has 1 aliphatic carbocycles. The van der Waals surface area contributed by atoms with Gasteiger partial charge in [0.2, 0.25) is 6.79 Å². The van der Waals surface area contributed by atoms with E-state index in [-0.39, 0.29) is 32.2 Å². The van der Waals surface area contributed by atoms with Crippen LogP contribution in [0, 0.1) is 11.8 Å². The van der Waals surface area contributed by atoms with Crippen molar-refractivity contribution in [3.8, 4) is 23.3 Å². The van der Waals surface area contributed by atoms with Gasteiger partial charge in [-0.1, -0.05) is 12.8 Å². The molecule has 4 atom stereocenters. The van der Waals surface area contributed by atoms with Crippen molar-refractivity contribution in [3.63, 3.8) is 0 Å². The summed E-state index contributed by atoms with van der Waals surface area (Å²) in [4.78, 5) is 29.2. The van der Waals surface area contributed by atoms with Gasteiger partial charge in [0.1, 0.15) is 5.76 Å². The average Bonchev–Trinajstić information content (AvgIpc) is 3.64. The fourth-order valence-electron chi connectivity index (χ4n) is 6.98. The number of aliphatic hydroxyl groups is 2. The van der Waals surface area contributed by atoms with Crippen LogP contribution in [0.1, 0.15) is 82.8 Å². The molecule has 0 amide bonds. The molecule has 10 heteroatoms. The quantitative estimate of drug-likeness (QED) is 0.307. The van der Waals surface area contributed by atoms with E-state index in [1.807, 2.05) is 19.1 Å². The lowest BCUT2D eigenvalue weighted by molar-refractivity contribution is -0.179. The topological polar surface area (TPSA) is 124 Å². The number of benzene rings is 1. The minimum absolute atomic E-state index is 0.0957. The Bertz CT molecular complexity index is 1320. The third-order valence-corrected chi connectivity index (χ3v) is 9.00. The van der Waals surface area contributed by atoms with Crippen molar-refractivity contribution in [3.05, 3.63) is 35.1 Å². The van der Waals surface area contributed by atoms with Crippen LogP contribution in [-0.4, -0.2) is 83.5 Å². The number of methoxy groups -OCH3 is 1. The molecule has 1 aromatic rings. The Labute approximate surface area is 253 Å². The van der Waals surface area contributed by atoms with Gasteiger partial charge >= 0.3 is 11.9 Å². The van der Waals surface area contributed by atoms with Gasteiger partial charge in [-0.2, -0.15) is 0 Å². The average molecular weight is 598 g/mol. The van der Waals surface area contributed by atoms with Gasteiger partial charge in [-0.05, 0) is 88.3 Å². The molecular formula is C33H43NO9. The fourth-order valence-corrected chi connectivity index (χ4v) is 6.98. The van der Waals surface area contributed by atoms with Crippen LogP contribution in [0.2, 0.25) is 0 Å². The van der Waals surface area contributed by atoms with Gasteiger partial charge in [-0.15, -0.1) is 5.92 Å². The maximum atomic E-state index is 14.0. The highest BCUT2D eigenvalue weighted by molar-refractivity contribution is 5.86. The maximum absolute atomic E-state index is 14.0. The third-order valence-electron chi connectivity index (χ3n) is 9.00. The number of hydrogen-bond donors (Lipinski definition) is 2. The second-order valence-electron chi connectivity index (χ2n) is 12.5. The van der Waals surface area contributed by atoms with E-state index in [0.29, 0.717) is 30.1 Å².